The van der Waals surface area contributed by atoms with E-state index in [-0.39, 0.29) is 5.82 Å². The zero-order valence-electron chi connectivity index (χ0n) is 10.3. The molecule has 1 fully saturated rings. The van der Waals surface area contributed by atoms with Gasteiger partial charge in [-0.2, -0.15) is 5.10 Å². The Bertz CT molecular complexity index is 493. The molecule has 1 N–H and O–H groups in total. The number of hydrogen-bond acceptors (Lipinski definition) is 3. The van der Waals surface area contributed by atoms with Crippen LogP contribution in [0, 0.1) is 5.82 Å². The highest BCUT2D eigenvalue weighted by Crippen LogP contribution is 2.07. The van der Waals surface area contributed by atoms with Crippen molar-refractivity contribution in [1.29, 1.82) is 0 Å². The fraction of sp³-hybridized carbons (Fsp3) is 0.308. The molecule has 100 valence electrons. The lowest BCUT2D eigenvalue weighted by atomic mass is 10.2. The molecular formula is C13H14FN3O2. The first-order valence-corrected chi connectivity index (χ1v) is 6.05. The molecule has 0 radical (unpaired) electrons. The number of likely N-dealkylation sites (tertiary alicyclic amines) is 1. The molecule has 1 heterocycles. The molecule has 6 heteroatoms. The summed E-state index contributed by atoms with van der Waals surface area (Å²) < 4.78 is 12.7. The average Bonchev–Trinajstić information content (AvgIpc) is 2.94. The van der Waals surface area contributed by atoms with Crippen LogP contribution in [0.5, 0.6) is 0 Å². The van der Waals surface area contributed by atoms with Gasteiger partial charge in [0.15, 0.2) is 0 Å². The summed E-state index contributed by atoms with van der Waals surface area (Å²) in [6.45, 7) is 1.24. The number of hydrogen-bond donors (Lipinski definition) is 1. The summed E-state index contributed by atoms with van der Waals surface area (Å²) in [5.41, 5.74) is 2.80. The zero-order valence-corrected chi connectivity index (χ0v) is 10.3. The topological polar surface area (TPSA) is 61.8 Å². The first-order chi connectivity index (χ1) is 9.16. The van der Waals surface area contributed by atoms with Crippen LogP contribution >= 0.6 is 0 Å². The van der Waals surface area contributed by atoms with Crippen LogP contribution < -0.4 is 5.43 Å². The number of nitrogens with one attached hydrogen (secondary N) is 1. The minimum atomic E-state index is -0.750. The lowest BCUT2D eigenvalue weighted by molar-refractivity contribution is -0.145. The average molecular weight is 263 g/mol. The van der Waals surface area contributed by atoms with Gasteiger partial charge in [-0.1, -0.05) is 12.1 Å². The van der Waals surface area contributed by atoms with Crippen LogP contribution in [0.2, 0.25) is 0 Å². The Morgan fingerprint density at radius 3 is 2.47 bits per heavy atom. The van der Waals surface area contributed by atoms with E-state index < -0.39 is 11.8 Å². The molecule has 0 unspecified atom stereocenters. The van der Waals surface area contributed by atoms with Crippen molar-refractivity contribution in [2.75, 3.05) is 13.1 Å². The number of amides is 2. The maximum absolute atomic E-state index is 12.7. The maximum atomic E-state index is 12.7. The van der Waals surface area contributed by atoms with Crippen molar-refractivity contribution in [3.8, 4) is 0 Å². The number of halogens is 1. The van der Waals surface area contributed by atoms with Gasteiger partial charge in [0.05, 0.1) is 6.21 Å². The molecule has 0 saturated carbocycles. The van der Waals surface area contributed by atoms with Gasteiger partial charge in [-0.25, -0.2) is 9.82 Å². The Hall–Kier alpha value is -2.24. The molecule has 1 saturated heterocycles. The third-order valence-electron chi connectivity index (χ3n) is 2.84. The number of carbonyl (C=O) groups excluding carboxylic acids is 2. The molecule has 1 aromatic rings. The highest BCUT2D eigenvalue weighted by molar-refractivity contribution is 6.35. The molecule has 5 nitrogen and oxygen atoms in total. The van der Waals surface area contributed by atoms with E-state index in [0.717, 1.165) is 12.8 Å². The second-order valence-electron chi connectivity index (χ2n) is 4.25. The lowest BCUT2D eigenvalue weighted by Gasteiger charge is -2.12. The van der Waals surface area contributed by atoms with Crippen LogP contribution in [0.15, 0.2) is 29.4 Å². The Kier molecular flexibility index (Phi) is 4.22. The summed E-state index contributed by atoms with van der Waals surface area (Å²) >= 11 is 0. The zero-order chi connectivity index (χ0) is 13.7. The quantitative estimate of drug-likeness (QED) is 0.489. The second kappa shape index (κ2) is 6.08. The molecule has 0 bridgehead atoms. The first kappa shape index (κ1) is 13.2. The van der Waals surface area contributed by atoms with E-state index in [1.807, 2.05) is 0 Å². The van der Waals surface area contributed by atoms with E-state index in [9.17, 15) is 14.0 Å². The molecule has 1 aliphatic rings. The Morgan fingerprint density at radius 1 is 1.21 bits per heavy atom. The fourth-order valence-electron chi connectivity index (χ4n) is 1.83. The normalized spacial score (nSPS) is 14.9. The maximum Gasteiger partial charge on any atom is 0.329 e. The summed E-state index contributed by atoms with van der Waals surface area (Å²) in [6, 6.07) is 5.62. The minimum Gasteiger partial charge on any atom is -0.334 e. The molecule has 0 atom stereocenters. The van der Waals surface area contributed by atoms with Gasteiger partial charge < -0.3 is 4.90 Å². The van der Waals surface area contributed by atoms with Crippen LogP contribution in [0.1, 0.15) is 18.4 Å². The van der Waals surface area contributed by atoms with Crippen molar-refractivity contribution in [1.82, 2.24) is 10.3 Å². The van der Waals surface area contributed by atoms with Crippen LogP contribution in [-0.4, -0.2) is 36.0 Å². The summed E-state index contributed by atoms with van der Waals surface area (Å²) in [6.07, 6.45) is 3.21. The monoisotopic (exact) mass is 263 g/mol. The van der Waals surface area contributed by atoms with Crippen LogP contribution in [0.25, 0.3) is 0 Å². The van der Waals surface area contributed by atoms with Crippen molar-refractivity contribution in [2.45, 2.75) is 12.8 Å². The minimum absolute atomic E-state index is 0.342. The highest BCUT2D eigenvalue weighted by Gasteiger charge is 2.23. The van der Waals surface area contributed by atoms with Crippen molar-refractivity contribution in [3.63, 3.8) is 0 Å². The molecule has 1 aliphatic heterocycles. The van der Waals surface area contributed by atoms with Crippen molar-refractivity contribution in [3.05, 3.63) is 35.6 Å². The predicted molar refractivity (Wildman–Crippen MR) is 68.0 cm³/mol. The van der Waals surface area contributed by atoms with Gasteiger partial charge in [-0.3, -0.25) is 9.59 Å². The molecule has 19 heavy (non-hydrogen) atoms. The Labute approximate surface area is 110 Å². The van der Waals surface area contributed by atoms with Gasteiger partial charge in [-0.15, -0.1) is 0 Å². The van der Waals surface area contributed by atoms with Gasteiger partial charge in [0.2, 0.25) is 0 Å². The van der Waals surface area contributed by atoms with Crippen molar-refractivity contribution in [2.24, 2.45) is 5.10 Å². The van der Waals surface area contributed by atoms with Gasteiger partial charge >= 0.3 is 11.8 Å². The fourth-order valence-corrected chi connectivity index (χ4v) is 1.83. The molecule has 0 aliphatic carbocycles. The molecule has 1 aromatic carbocycles. The summed E-state index contributed by atoms with van der Waals surface area (Å²) in [4.78, 5) is 24.6. The molecular weight excluding hydrogens is 249 g/mol. The van der Waals surface area contributed by atoms with Gasteiger partial charge in [0, 0.05) is 13.1 Å². The van der Waals surface area contributed by atoms with E-state index in [4.69, 9.17) is 0 Å². The summed E-state index contributed by atoms with van der Waals surface area (Å²) in [5, 5.41) is 3.67. The molecule has 2 amide bonds. The number of carbonyl (C=O) groups is 2. The van der Waals surface area contributed by atoms with Gasteiger partial charge in [0.25, 0.3) is 0 Å². The van der Waals surface area contributed by atoms with Crippen molar-refractivity contribution < 1.29 is 14.0 Å². The smallest absolute Gasteiger partial charge is 0.329 e. The molecule has 0 spiro atoms. The third kappa shape index (κ3) is 3.61. The van der Waals surface area contributed by atoms with Crippen LogP contribution in [-0.2, 0) is 9.59 Å². The molecule has 2 rings (SSSR count). The highest BCUT2D eigenvalue weighted by atomic mass is 19.1. The van der Waals surface area contributed by atoms with Crippen molar-refractivity contribution >= 4 is 18.0 Å². The van der Waals surface area contributed by atoms with E-state index in [0.29, 0.717) is 18.7 Å². The summed E-state index contributed by atoms with van der Waals surface area (Å²) in [5.74, 6) is -1.65. The largest absolute Gasteiger partial charge is 0.334 e. The Morgan fingerprint density at radius 2 is 1.84 bits per heavy atom. The predicted octanol–water partition coefficient (Wildman–Crippen LogP) is 0.898. The second-order valence-corrected chi connectivity index (χ2v) is 4.25. The third-order valence-corrected chi connectivity index (χ3v) is 2.84. The molecule has 0 aromatic heterocycles. The number of rotatable bonds is 2. The lowest BCUT2D eigenvalue weighted by Crippen LogP contribution is -2.39. The van der Waals surface area contributed by atoms with E-state index in [1.165, 1.54) is 35.4 Å². The number of nitrogens with zero attached hydrogens (tertiary/aromatic N) is 2. The number of benzene rings is 1. The van der Waals surface area contributed by atoms with E-state index in [1.54, 1.807) is 0 Å². The standard InChI is InChI=1S/C13H14FN3O2/c14-11-5-3-10(4-6-11)9-15-16-12(18)13(19)17-7-1-2-8-17/h3-6,9H,1-2,7-8H2,(H,16,18). The van der Waals surface area contributed by atoms with E-state index in [2.05, 4.69) is 10.5 Å². The Balaban J connectivity index is 1.85. The van der Waals surface area contributed by atoms with E-state index >= 15 is 0 Å². The SMILES string of the molecule is O=C(NN=Cc1ccc(F)cc1)C(=O)N1CCCC1. The van der Waals surface area contributed by atoms with Gasteiger partial charge in [0.1, 0.15) is 5.82 Å². The van der Waals surface area contributed by atoms with Crippen LogP contribution in [0.4, 0.5) is 4.39 Å². The first-order valence-electron chi connectivity index (χ1n) is 6.05. The summed E-state index contributed by atoms with van der Waals surface area (Å²) in [7, 11) is 0. The number of hydrazone groups is 1. The van der Waals surface area contributed by atoms with Crippen LogP contribution in [0.3, 0.4) is 0 Å². The van der Waals surface area contributed by atoms with Gasteiger partial charge in [-0.05, 0) is 30.5 Å².